The molecular formula is C23H30N4O6S. The van der Waals surface area contributed by atoms with Crippen LogP contribution >= 0.6 is 0 Å². The third-order valence-corrected chi connectivity index (χ3v) is 6.28. The number of hydrogen-bond donors (Lipinski definition) is 2. The van der Waals surface area contributed by atoms with Crippen LogP contribution in [0, 0.1) is 0 Å². The number of amides is 1. The summed E-state index contributed by atoms with van der Waals surface area (Å²) in [5.41, 5.74) is 2.14. The van der Waals surface area contributed by atoms with E-state index in [4.69, 9.17) is 19.3 Å². The van der Waals surface area contributed by atoms with Crippen molar-refractivity contribution < 1.29 is 27.4 Å². The maximum Gasteiger partial charge on any atom is 0.238 e. The SMILES string of the molecule is CCCn1c(CCC(=O)NCc2cc(OC)c(OC)c(OC)c2)nc2cc(S(N)(=O)=O)ccc21. The molecule has 1 heterocycles. The molecule has 0 saturated heterocycles. The number of carbonyl (C=O) groups excluding carboxylic acids is 1. The second kappa shape index (κ2) is 10.7. The molecule has 0 aliphatic heterocycles. The van der Waals surface area contributed by atoms with Gasteiger partial charge in [-0.1, -0.05) is 6.92 Å². The van der Waals surface area contributed by atoms with Crippen molar-refractivity contribution in [2.24, 2.45) is 5.14 Å². The fraction of sp³-hybridized carbons (Fsp3) is 0.391. The number of hydrogen-bond acceptors (Lipinski definition) is 7. The molecule has 3 aromatic rings. The van der Waals surface area contributed by atoms with Gasteiger partial charge in [-0.3, -0.25) is 4.79 Å². The van der Waals surface area contributed by atoms with Crippen molar-refractivity contribution in [1.82, 2.24) is 14.9 Å². The molecule has 0 aliphatic carbocycles. The monoisotopic (exact) mass is 490 g/mol. The minimum atomic E-state index is -3.82. The zero-order valence-corrected chi connectivity index (χ0v) is 20.6. The average molecular weight is 491 g/mol. The number of nitrogens with one attached hydrogen (secondary N) is 1. The number of aryl methyl sites for hydroxylation is 2. The number of methoxy groups -OCH3 is 3. The van der Waals surface area contributed by atoms with Crippen molar-refractivity contribution in [3.63, 3.8) is 0 Å². The highest BCUT2D eigenvalue weighted by Gasteiger charge is 2.16. The zero-order chi connectivity index (χ0) is 24.9. The average Bonchev–Trinajstić information content (AvgIpc) is 3.16. The number of ether oxygens (including phenoxy) is 3. The summed E-state index contributed by atoms with van der Waals surface area (Å²) in [6.45, 7) is 3.03. The standard InChI is InChI=1S/C23H30N4O6S/c1-5-10-27-18-7-6-16(34(24,29)30)13-17(18)26-21(27)8-9-22(28)25-14-15-11-19(31-2)23(33-4)20(12-15)32-3/h6-7,11-13H,5,8-10,14H2,1-4H3,(H,25,28)(H2,24,29,30). The maximum absolute atomic E-state index is 12.6. The van der Waals surface area contributed by atoms with Crippen molar-refractivity contribution >= 4 is 27.0 Å². The summed E-state index contributed by atoms with van der Waals surface area (Å²) in [6.07, 6.45) is 1.49. The van der Waals surface area contributed by atoms with Crippen LogP contribution in [0.1, 0.15) is 31.2 Å². The summed E-state index contributed by atoms with van der Waals surface area (Å²) in [4.78, 5) is 17.1. The summed E-state index contributed by atoms with van der Waals surface area (Å²) in [5, 5.41) is 8.15. The summed E-state index contributed by atoms with van der Waals surface area (Å²) in [7, 11) is 0.779. The number of sulfonamides is 1. The second-order valence-electron chi connectivity index (χ2n) is 7.69. The Morgan fingerprint density at radius 2 is 1.76 bits per heavy atom. The van der Waals surface area contributed by atoms with Gasteiger partial charge in [0.1, 0.15) is 5.82 Å². The van der Waals surface area contributed by atoms with E-state index in [-0.39, 0.29) is 17.2 Å². The Balaban J connectivity index is 1.72. The Labute approximate surface area is 199 Å². The number of rotatable bonds is 11. The molecule has 34 heavy (non-hydrogen) atoms. The highest BCUT2D eigenvalue weighted by atomic mass is 32.2. The number of aromatic nitrogens is 2. The number of primary sulfonamides is 1. The lowest BCUT2D eigenvalue weighted by Crippen LogP contribution is -2.23. The molecule has 2 aromatic carbocycles. The summed E-state index contributed by atoms with van der Waals surface area (Å²) >= 11 is 0. The number of nitrogens with two attached hydrogens (primary N) is 1. The van der Waals surface area contributed by atoms with E-state index in [9.17, 15) is 13.2 Å². The van der Waals surface area contributed by atoms with Gasteiger partial charge in [-0.2, -0.15) is 0 Å². The Morgan fingerprint density at radius 1 is 1.09 bits per heavy atom. The Hall–Kier alpha value is -3.31. The van der Waals surface area contributed by atoms with E-state index in [2.05, 4.69) is 10.3 Å². The van der Waals surface area contributed by atoms with Crippen LogP contribution in [0.3, 0.4) is 0 Å². The topological polar surface area (TPSA) is 135 Å². The quantitative estimate of drug-likeness (QED) is 0.421. The fourth-order valence-corrected chi connectivity index (χ4v) is 4.29. The summed E-state index contributed by atoms with van der Waals surface area (Å²) in [6, 6.07) is 8.20. The largest absolute Gasteiger partial charge is 0.493 e. The molecular weight excluding hydrogens is 460 g/mol. The lowest BCUT2D eigenvalue weighted by Gasteiger charge is -2.14. The predicted octanol–water partition coefficient (Wildman–Crippen LogP) is 2.37. The van der Waals surface area contributed by atoms with Gasteiger partial charge in [0.25, 0.3) is 0 Å². The Kier molecular flexibility index (Phi) is 8.00. The molecule has 0 radical (unpaired) electrons. The highest BCUT2D eigenvalue weighted by molar-refractivity contribution is 7.89. The van der Waals surface area contributed by atoms with Gasteiger partial charge < -0.3 is 24.1 Å². The van der Waals surface area contributed by atoms with Crippen molar-refractivity contribution in [1.29, 1.82) is 0 Å². The van der Waals surface area contributed by atoms with Gasteiger partial charge in [-0.05, 0) is 42.3 Å². The van der Waals surface area contributed by atoms with Gasteiger partial charge >= 0.3 is 0 Å². The minimum Gasteiger partial charge on any atom is -0.493 e. The Morgan fingerprint density at radius 3 is 2.32 bits per heavy atom. The van der Waals surface area contributed by atoms with E-state index < -0.39 is 10.0 Å². The van der Waals surface area contributed by atoms with Crippen LogP contribution in [0.4, 0.5) is 0 Å². The molecule has 10 nitrogen and oxygen atoms in total. The normalized spacial score (nSPS) is 11.4. The van der Waals surface area contributed by atoms with E-state index in [1.807, 2.05) is 11.5 Å². The summed E-state index contributed by atoms with van der Waals surface area (Å²) in [5.74, 6) is 2.08. The third kappa shape index (κ3) is 5.60. The molecule has 1 amide bonds. The smallest absolute Gasteiger partial charge is 0.238 e. The molecule has 3 rings (SSSR count). The van der Waals surface area contributed by atoms with Crippen LogP contribution in [0.5, 0.6) is 17.2 Å². The molecule has 11 heteroatoms. The molecule has 184 valence electrons. The molecule has 3 N–H and O–H groups in total. The number of nitrogens with zero attached hydrogens (tertiary/aromatic N) is 2. The lowest BCUT2D eigenvalue weighted by molar-refractivity contribution is -0.121. The first-order chi connectivity index (χ1) is 16.2. The van der Waals surface area contributed by atoms with E-state index in [1.54, 1.807) is 18.2 Å². The Bertz CT molecular complexity index is 1260. The van der Waals surface area contributed by atoms with E-state index in [1.165, 1.54) is 33.5 Å². The molecule has 0 aliphatic rings. The first-order valence-corrected chi connectivity index (χ1v) is 12.3. The van der Waals surface area contributed by atoms with Crippen LogP contribution in [-0.4, -0.2) is 45.2 Å². The van der Waals surface area contributed by atoms with Gasteiger partial charge in [0.2, 0.25) is 21.7 Å². The van der Waals surface area contributed by atoms with Gasteiger partial charge in [0, 0.05) is 25.9 Å². The van der Waals surface area contributed by atoms with Crippen molar-refractivity contribution in [2.75, 3.05) is 21.3 Å². The van der Waals surface area contributed by atoms with E-state index in [0.717, 1.165) is 17.5 Å². The van der Waals surface area contributed by atoms with Crippen LogP contribution in [0.2, 0.25) is 0 Å². The molecule has 1 aromatic heterocycles. The highest BCUT2D eigenvalue weighted by Crippen LogP contribution is 2.38. The van der Waals surface area contributed by atoms with Crippen molar-refractivity contribution in [3.8, 4) is 17.2 Å². The molecule has 0 unspecified atom stereocenters. The maximum atomic E-state index is 12.6. The predicted molar refractivity (Wildman–Crippen MR) is 128 cm³/mol. The zero-order valence-electron chi connectivity index (χ0n) is 19.8. The van der Waals surface area contributed by atoms with Gasteiger partial charge in [0.15, 0.2) is 11.5 Å². The van der Waals surface area contributed by atoms with E-state index >= 15 is 0 Å². The van der Waals surface area contributed by atoms with Crippen molar-refractivity contribution in [3.05, 3.63) is 41.7 Å². The number of imidazole rings is 1. The van der Waals surface area contributed by atoms with Gasteiger partial charge in [-0.25, -0.2) is 18.5 Å². The van der Waals surface area contributed by atoms with E-state index in [0.29, 0.717) is 48.1 Å². The fourth-order valence-electron chi connectivity index (χ4n) is 3.75. The number of benzene rings is 2. The first-order valence-electron chi connectivity index (χ1n) is 10.8. The second-order valence-corrected chi connectivity index (χ2v) is 9.25. The number of fused-ring (bicyclic) bond motifs is 1. The molecule has 0 saturated carbocycles. The summed E-state index contributed by atoms with van der Waals surface area (Å²) < 4.78 is 41.4. The first kappa shape index (κ1) is 25.3. The molecule has 0 spiro atoms. The van der Waals surface area contributed by atoms with Crippen LogP contribution in [0.25, 0.3) is 11.0 Å². The number of carbonyl (C=O) groups is 1. The van der Waals surface area contributed by atoms with Crippen LogP contribution < -0.4 is 24.7 Å². The third-order valence-electron chi connectivity index (χ3n) is 5.36. The minimum absolute atomic E-state index is 0.00999. The van der Waals surface area contributed by atoms with Crippen molar-refractivity contribution in [2.45, 2.75) is 44.2 Å². The van der Waals surface area contributed by atoms with Gasteiger partial charge in [-0.15, -0.1) is 0 Å². The van der Waals surface area contributed by atoms with Gasteiger partial charge in [0.05, 0.1) is 37.3 Å². The molecule has 0 fully saturated rings. The lowest BCUT2D eigenvalue weighted by atomic mass is 10.1. The van der Waals surface area contributed by atoms with Crippen LogP contribution in [-0.2, 0) is 34.3 Å². The molecule has 0 bridgehead atoms. The molecule has 0 atom stereocenters. The van der Waals surface area contributed by atoms with Crippen LogP contribution in [0.15, 0.2) is 35.2 Å².